The number of carbonyl (C=O) groups is 2. The Balaban J connectivity index is 2.08. The van der Waals surface area contributed by atoms with E-state index in [1.807, 2.05) is 6.92 Å². The van der Waals surface area contributed by atoms with Crippen molar-refractivity contribution in [3.05, 3.63) is 23.0 Å². The van der Waals surface area contributed by atoms with Gasteiger partial charge in [0.2, 0.25) is 5.91 Å². The van der Waals surface area contributed by atoms with Crippen molar-refractivity contribution in [3.63, 3.8) is 0 Å². The number of piperazine rings is 1. The Labute approximate surface area is 123 Å². The fourth-order valence-electron chi connectivity index (χ4n) is 2.48. The Hall–Kier alpha value is -2.15. The van der Waals surface area contributed by atoms with Gasteiger partial charge in [0.25, 0.3) is 5.91 Å². The summed E-state index contributed by atoms with van der Waals surface area (Å²) < 4.78 is 0. The molecule has 0 spiro atoms. The second-order valence-electron chi connectivity index (χ2n) is 5.12. The summed E-state index contributed by atoms with van der Waals surface area (Å²) in [6, 6.07) is 1.73. The molecule has 2 rings (SSSR count). The number of hydrogen-bond acceptors (Lipinski definition) is 5. The molecule has 0 saturated carbocycles. The molecule has 4 N–H and O–H groups in total. The van der Waals surface area contributed by atoms with E-state index in [2.05, 4.69) is 15.6 Å². The van der Waals surface area contributed by atoms with Gasteiger partial charge in [0.15, 0.2) is 0 Å². The first-order valence-corrected chi connectivity index (χ1v) is 6.99. The first-order valence-electron chi connectivity index (χ1n) is 6.99. The maximum atomic E-state index is 12.1. The molecule has 7 nitrogen and oxygen atoms in total. The van der Waals surface area contributed by atoms with Gasteiger partial charge in [-0.3, -0.25) is 14.6 Å². The summed E-state index contributed by atoms with van der Waals surface area (Å²) in [5, 5.41) is 6.22. The van der Waals surface area contributed by atoms with Crippen molar-refractivity contribution in [2.75, 3.05) is 38.0 Å². The van der Waals surface area contributed by atoms with E-state index in [9.17, 15) is 9.59 Å². The molecule has 21 heavy (non-hydrogen) atoms. The molecule has 1 aromatic heterocycles. The van der Waals surface area contributed by atoms with Crippen LogP contribution in [0.4, 0.5) is 5.69 Å². The highest BCUT2D eigenvalue weighted by Gasteiger charge is 2.18. The van der Waals surface area contributed by atoms with Crippen molar-refractivity contribution in [1.29, 1.82) is 0 Å². The van der Waals surface area contributed by atoms with Gasteiger partial charge in [0, 0.05) is 31.9 Å². The van der Waals surface area contributed by atoms with Crippen LogP contribution in [0.1, 0.15) is 21.7 Å². The number of carbonyl (C=O) groups excluding carboxylic acids is 2. The zero-order chi connectivity index (χ0) is 15.4. The second kappa shape index (κ2) is 6.53. The number of primary amides is 1. The van der Waals surface area contributed by atoms with Gasteiger partial charge in [0.1, 0.15) is 0 Å². The van der Waals surface area contributed by atoms with Crippen molar-refractivity contribution in [2.24, 2.45) is 5.73 Å². The number of aromatic nitrogens is 1. The molecule has 0 unspecified atom stereocenters. The third-order valence-corrected chi connectivity index (χ3v) is 3.47. The van der Waals surface area contributed by atoms with E-state index in [1.54, 1.807) is 17.9 Å². The van der Waals surface area contributed by atoms with Gasteiger partial charge in [-0.15, -0.1) is 0 Å². The van der Waals surface area contributed by atoms with Gasteiger partial charge >= 0.3 is 0 Å². The van der Waals surface area contributed by atoms with Crippen molar-refractivity contribution in [3.8, 4) is 0 Å². The van der Waals surface area contributed by atoms with Crippen LogP contribution in [-0.2, 0) is 4.79 Å². The minimum atomic E-state index is -0.544. The highest BCUT2D eigenvalue weighted by molar-refractivity contribution is 6.00. The fraction of sp³-hybridized carbons (Fsp3) is 0.500. The van der Waals surface area contributed by atoms with Crippen LogP contribution < -0.4 is 16.4 Å². The minimum Gasteiger partial charge on any atom is -0.375 e. The maximum absolute atomic E-state index is 12.1. The van der Waals surface area contributed by atoms with Crippen LogP contribution in [-0.4, -0.2) is 54.4 Å². The maximum Gasteiger partial charge on any atom is 0.252 e. The zero-order valence-electron chi connectivity index (χ0n) is 12.4. The minimum absolute atomic E-state index is 0.0130. The fourth-order valence-corrected chi connectivity index (χ4v) is 2.48. The number of nitrogens with one attached hydrogen (secondary N) is 2. The third-order valence-electron chi connectivity index (χ3n) is 3.47. The van der Waals surface area contributed by atoms with E-state index in [0.717, 1.165) is 18.8 Å². The Morgan fingerprint density at radius 2 is 2.05 bits per heavy atom. The molecule has 114 valence electrons. The Morgan fingerprint density at radius 1 is 1.38 bits per heavy atom. The Morgan fingerprint density at radius 3 is 2.67 bits per heavy atom. The van der Waals surface area contributed by atoms with Crippen LogP contribution in [0.3, 0.4) is 0 Å². The summed E-state index contributed by atoms with van der Waals surface area (Å²) in [6.07, 6.45) is 0. The van der Waals surface area contributed by atoms with E-state index in [4.69, 9.17) is 5.73 Å². The quantitative estimate of drug-likeness (QED) is 0.703. The van der Waals surface area contributed by atoms with E-state index in [0.29, 0.717) is 30.0 Å². The molecule has 1 aromatic rings. The lowest BCUT2D eigenvalue weighted by atomic mass is 10.1. The number of amides is 2. The summed E-state index contributed by atoms with van der Waals surface area (Å²) in [5.74, 6) is -0.531. The second-order valence-corrected chi connectivity index (χ2v) is 5.12. The van der Waals surface area contributed by atoms with Crippen molar-refractivity contribution in [2.45, 2.75) is 13.8 Å². The molecule has 1 fully saturated rings. The molecular weight excluding hydrogens is 270 g/mol. The Kier molecular flexibility index (Phi) is 4.74. The summed E-state index contributed by atoms with van der Waals surface area (Å²) in [7, 11) is 0. The van der Waals surface area contributed by atoms with Gasteiger partial charge in [-0.2, -0.15) is 0 Å². The molecule has 0 bridgehead atoms. The van der Waals surface area contributed by atoms with Crippen molar-refractivity contribution in [1.82, 2.24) is 15.2 Å². The van der Waals surface area contributed by atoms with Gasteiger partial charge in [-0.25, -0.2) is 0 Å². The molecular formula is C14H21N5O2. The highest BCUT2D eigenvalue weighted by Crippen LogP contribution is 2.19. The van der Waals surface area contributed by atoms with Crippen LogP contribution in [0.25, 0.3) is 0 Å². The van der Waals surface area contributed by atoms with Crippen LogP contribution in [0.2, 0.25) is 0 Å². The summed E-state index contributed by atoms with van der Waals surface area (Å²) in [6.45, 7) is 6.74. The monoisotopic (exact) mass is 291 g/mol. The number of rotatable bonds is 4. The number of hydrogen-bond donors (Lipinski definition) is 3. The smallest absolute Gasteiger partial charge is 0.252 e. The normalized spacial score (nSPS) is 14.9. The zero-order valence-corrected chi connectivity index (χ0v) is 12.4. The molecule has 1 aliphatic heterocycles. The largest absolute Gasteiger partial charge is 0.375 e. The summed E-state index contributed by atoms with van der Waals surface area (Å²) in [5.41, 5.74) is 7.64. The molecule has 0 radical (unpaired) electrons. The summed E-state index contributed by atoms with van der Waals surface area (Å²) in [4.78, 5) is 29.7. The molecule has 0 aliphatic carbocycles. The average Bonchev–Trinajstić information content (AvgIpc) is 2.44. The van der Waals surface area contributed by atoms with E-state index >= 15 is 0 Å². The van der Waals surface area contributed by atoms with Crippen LogP contribution >= 0.6 is 0 Å². The predicted molar refractivity (Wildman–Crippen MR) is 80.2 cm³/mol. The first kappa shape index (κ1) is 15.2. The average molecular weight is 291 g/mol. The van der Waals surface area contributed by atoms with Gasteiger partial charge in [0.05, 0.1) is 23.5 Å². The van der Waals surface area contributed by atoms with Crippen LogP contribution in [0.5, 0.6) is 0 Å². The molecule has 2 amide bonds. The molecule has 7 heteroatoms. The van der Waals surface area contributed by atoms with E-state index < -0.39 is 5.91 Å². The Bertz CT molecular complexity index is 553. The number of aryl methyl sites for hydroxylation is 2. The number of nitrogens with two attached hydrogens (primary N) is 1. The molecule has 2 heterocycles. The molecule has 0 atom stereocenters. The first-order chi connectivity index (χ1) is 9.99. The SMILES string of the molecule is Cc1cc(NCC(=O)N2CCNCC2)c(C(N)=O)c(C)n1. The summed E-state index contributed by atoms with van der Waals surface area (Å²) >= 11 is 0. The molecule has 1 saturated heterocycles. The van der Waals surface area contributed by atoms with Gasteiger partial charge in [-0.05, 0) is 19.9 Å². The van der Waals surface area contributed by atoms with Crippen molar-refractivity contribution < 1.29 is 9.59 Å². The predicted octanol–water partition coefficient (Wildman–Crippen LogP) is -0.359. The number of nitrogens with zero attached hydrogens (tertiary/aromatic N) is 2. The lowest BCUT2D eigenvalue weighted by Crippen LogP contribution is -2.48. The lowest BCUT2D eigenvalue weighted by molar-refractivity contribution is -0.129. The van der Waals surface area contributed by atoms with Gasteiger partial charge in [-0.1, -0.05) is 0 Å². The standard InChI is InChI=1S/C14H21N5O2/c1-9-7-11(13(14(15)21)10(2)18-9)17-8-12(20)19-5-3-16-4-6-19/h7,16H,3-6,8H2,1-2H3,(H2,15,21)(H,17,18). The topological polar surface area (TPSA) is 100 Å². The molecule has 0 aromatic carbocycles. The van der Waals surface area contributed by atoms with Crippen molar-refractivity contribution >= 4 is 17.5 Å². The lowest BCUT2D eigenvalue weighted by Gasteiger charge is -2.27. The van der Waals surface area contributed by atoms with Crippen LogP contribution in [0, 0.1) is 13.8 Å². The number of pyridine rings is 1. The highest BCUT2D eigenvalue weighted by atomic mass is 16.2. The molecule has 1 aliphatic rings. The van der Waals surface area contributed by atoms with Gasteiger partial charge < -0.3 is 21.3 Å². The third kappa shape index (κ3) is 3.69. The number of anilines is 1. The van der Waals surface area contributed by atoms with E-state index in [-0.39, 0.29) is 12.5 Å². The van der Waals surface area contributed by atoms with E-state index in [1.165, 1.54) is 0 Å². The van der Waals surface area contributed by atoms with Crippen LogP contribution in [0.15, 0.2) is 6.07 Å².